The molecule has 0 aliphatic carbocycles. The summed E-state index contributed by atoms with van der Waals surface area (Å²) in [6.45, 7) is 5.76. The van der Waals surface area contributed by atoms with E-state index in [0.717, 1.165) is 12.8 Å². The second-order valence-corrected chi connectivity index (χ2v) is 7.17. The smallest absolute Gasteiger partial charge is 0.240 e. The molecule has 5 heteroatoms. The van der Waals surface area contributed by atoms with Gasteiger partial charge >= 0.3 is 0 Å². The first-order valence-corrected chi connectivity index (χ1v) is 9.74. The van der Waals surface area contributed by atoms with E-state index in [9.17, 15) is 8.42 Å². The number of hydrogen-bond acceptors (Lipinski definition) is 3. The van der Waals surface area contributed by atoms with E-state index in [4.69, 9.17) is 4.74 Å². The number of rotatable bonds is 12. The van der Waals surface area contributed by atoms with Crippen molar-refractivity contribution >= 4 is 10.0 Å². The van der Waals surface area contributed by atoms with Crippen molar-refractivity contribution in [2.75, 3.05) is 19.8 Å². The lowest BCUT2D eigenvalue weighted by Gasteiger charge is -2.08. The van der Waals surface area contributed by atoms with Gasteiger partial charge in [0.15, 0.2) is 0 Å². The third-order valence-electron chi connectivity index (χ3n) is 3.51. The monoisotopic (exact) mass is 327 g/mol. The fourth-order valence-corrected chi connectivity index (χ4v) is 3.27. The highest BCUT2D eigenvalue weighted by Gasteiger charge is 2.12. The number of benzene rings is 1. The summed E-state index contributed by atoms with van der Waals surface area (Å²) < 4.78 is 32.0. The number of nitrogens with one attached hydrogen (secondary N) is 1. The Bertz CT molecular complexity index is 497. The molecule has 0 fully saturated rings. The maximum Gasteiger partial charge on any atom is 0.240 e. The first-order chi connectivity index (χ1) is 10.6. The lowest BCUT2D eigenvalue weighted by atomic mass is 10.1. The second kappa shape index (κ2) is 10.8. The van der Waals surface area contributed by atoms with Gasteiger partial charge in [-0.25, -0.2) is 13.1 Å². The van der Waals surface area contributed by atoms with Crippen LogP contribution in [-0.2, 0) is 21.2 Å². The Morgan fingerprint density at radius 2 is 1.73 bits per heavy atom. The normalized spacial score (nSPS) is 11.7. The quantitative estimate of drug-likeness (QED) is 0.598. The fraction of sp³-hybridized carbons (Fsp3) is 0.647. The van der Waals surface area contributed by atoms with Gasteiger partial charge in [0, 0.05) is 19.8 Å². The summed E-state index contributed by atoms with van der Waals surface area (Å²) in [6, 6.07) is 7.22. The second-order valence-electron chi connectivity index (χ2n) is 5.40. The largest absolute Gasteiger partial charge is 0.382 e. The molecule has 0 heterocycles. The van der Waals surface area contributed by atoms with E-state index in [1.54, 1.807) is 12.1 Å². The average Bonchev–Trinajstić information content (AvgIpc) is 2.52. The van der Waals surface area contributed by atoms with Gasteiger partial charge in [-0.05, 0) is 43.9 Å². The summed E-state index contributed by atoms with van der Waals surface area (Å²) >= 11 is 0. The van der Waals surface area contributed by atoms with Crippen molar-refractivity contribution in [2.24, 2.45) is 0 Å². The molecule has 0 saturated heterocycles. The van der Waals surface area contributed by atoms with Gasteiger partial charge in [-0.3, -0.25) is 0 Å². The van der Waals surface area contributed by atoms with E-state index in [1.807, 2.05) is 19.1 Å². The molecule has 0 unspecified atom stereocenters. The molecule has 126 valence electrons. The minimum absolute atomic E-state index is 0.334. The summed E-state index contributed by atoms with van der Waals surface area (Å²) in [4.78, 5) is 0.334. The number of ether oxygens (including phenoxy) is 1. The topological polar surface area (TPSA) is 55.4 Å². The van der Waals surface area contributed by atoms with Crippen molar-refractivity contribution in [1.82, 2.24) is 4.72 Å². The number of aryl methyl sites for hydroxylation is 1. The van der Waals surface area contributed by atoms with Crippen LogP contribution in [0.5, 0.6) is 0 Å². The molecule has 0 atom stereocenters. The molecule has 1 N–H and O–H groups in total. The molecule has 4 nitrogen and oxygen atoms in total. The molecular weight excluding hydrogens is 298 g/mol. The lowest BCUT2D eigenvalue weighted by Crippen LogP contribution is -2.25. The predicted molar refractivity (Wildman–Crippen MR) is 90.6 cm³/mol. The van der Waals surface area contributed by atoms with E-state index in [2.05, 4.69) is 11.6 Å². The van der Waals surface area contributed by atoms with Crippen LogP contribution in [0.25, 0.3) is 0 Å². The average molecular weight is 327 g/mol. The Morgan fingerprint density at radius 3 is 2.36 bits per heavy atom. The van der Waals surface area contributed by atoms with Crippen LogP contribution in [-0.4, -0.2) is 28.2 Å². The van der Waals surface area contributed by atoms with E-state index in [1.165, 1.54) is 24.8 Å². The highest BCUT2D eigenvalue weighted by atomic mass is 32.2. The van der Waals surface area contributed by atoms with E-state index < -0.39 is 10.0 Å². The van der Waals surface area contributed by atoms with Crippen LogP contribution in [0, 0.1) is 0 Å². The third kappa shape index (κ3) is 7.38. The summed E-state index contributed by atoms with van der Waals surface area (Å²) in [6.07, 6.45) is 6.59. The van der Waals surface area contributed by atoms with E-state index >= 15 is 0 Å². The third-order valence-corrected chi connectivity index (χ3v) is 4.99. The Morgan fingerprint density at radius 1 is 1.00 bits per heavy atom. The summed E-state index contributed by atoms with van der Waals surface area (Å²) in [5.74, 6) is 0. The Kier molecular flexibility index (Phi) is 9.36. The minimum atomic E-state index is -3.40. The highest BCUT2D eigenvalue weighted by Crippen LogP contribution is 2.13. The Balaban J connectivity index is 2.43. The van der Waals surface area contributed by atoms with Gasteiger partial charge in [-0.15, -0.1) is 0 Å². The maximum atomic E-state index is 12.1. The molecule has 1 aromatic rings. The zero-order chi connectivity index (χ0) is 16.3. The van der Waals surface area contributed by atoms with Crippen LogP contribution in [0.2, 0.25) is 0 Å². The molecule has 1 rings (SSSR count). The van der Waals surface area contributed by atoms with Crippen LogP contribution >= 0.6 is 0 Å². The van der Waals surface area contributed by atoms with Crippen LogP contribution in [0.3, 0.4) is 0 Å². The Hall–Kier alpha value is -0.910. The van der Waals surface area contributed by atoms with Crippen molar-refractivity contribution < 1.29 is 13.2 Å². The van der Waals surface area contributed by atoms with Gasteiger partial charge in [-0.2, -0.15) is 0 Å². The summed E-state index contributed by atoms with van der Waals surface area (Å²) in [7, 11) is -3.40. The van der Waals surface area contributed by atoms with Crippen LogP contribution in [0.15, 0.2) is 29.2 Å². The molecule has 0 aliphatic heterocycles. The van der Waals surface area contributed by atoms with Crippen molar-refractivity contribution in [3.63, 3.8) is 0 Å². The number of sulfonamides is 1. The summed E-state index contributed by atoms with van der Waals surface area (Å²) in [5, 5.41) is 0. The molecule has 0 spiro atoms. The standard InChI is InChI=1S/C17H29NO3S/c1-3-5-6-7-9-16-10-12-17(13-11-16)22(19,20)18-14-8-15-21-4-2/h10-13,18H,3-9,14-15H2,1-2H3. The first kappa shape index (κ1) is 19.1. The van der Waals surface area contributed by atoms with E-state index in [-0.39, 0.29) is 0 Å². The summed E-state index contributed by atoms with van der Waals surface area (Å²) in [5.41, 5.74) is 1.20. The molecule has 22 heavy (non-hydrogen) atoms. The molecular formula is C17H29NO3S. The van der Waals surface area contributed by atoms with Crippen LogP contribution in [0.1, 0.15) is 51.5 Å². The van der Waals surface area contributed by atoms with Crippen molar-refractivity contribution in [2.45, 2.75) is 57.3 Å². The van der Waals surface area contributed by atoms with Gasteiger partial charge in [0.1, 0.15) is 0 Å². The van der Waals surface area contributed by atoms with Gasteiger partial charge in [0.25, 0.3) is 0 Å². The zero-order valence-corrected chi connectivity index (χ0v) is 14.6. The molecule has 0 aliphatic rings. The molecule has 0 radical (unpaired) electrons. The zero-order valence-electron chi connectivity index (χ0n) is 13.8. The van der Waals surface area contributed by atoms with Crippen LogP contribution in [0.4, 0.5) is 0 Å². The fourth-order valence-electron chi connectivity index (χ4n) is 2.20. The number of hydrogen-bond donors (Lipinski definition) is 1. The molecule has 0 aromatic heterocycles. The van der Waals surface area contributed by atoms with Gasteiger partial charge in [0.05, 0.1) is 4.90 Å². The van der Waals surface area contributed by atoms with Crippen molar-refractivity contribution in [3.8, 4) is 0 Å². The van der Waals surface area contributed by atoms with Gasteiger partial charge in [-0.1, -0.05) is 38.3 Å². The SMILES string of the molecule is CCCCCCc1ccc(S(=O)(=O)NCCCOCC)cc1. The molecule has 0 bridgehead atoms. The maximum absolute atomic E-state index is 12.1. The van der Waals surface area contributed by atoms with E-state index in [0.29, 0.717) is 31.1 Å². The van der Waals surface area contributed by atoms with Gasteiger partial charge < -0.3 is 4.74 Å². The minimum Gasteiger partial charge on any atom is -0.382 e. The molecule has 0 saturated carbocycles. The van der Waals surface area contributed by atoms with Crippen molar-refractivity contribution in [1.29, 1.82) is 0 Å². The lowest BCUT2D eigenvalue weighted by molar-refractivity contribution is 0.146. The van der Waals surface area contributed by atoms with Crippen molar-refractivity contribution in [3.05, 3.63) is 29.8 Å². The van der Waals surface area contributed by atoms with Crippen LogP contribution < -0.4 is 4.72 Å². The van der Waals surface area contributed by atoms with Gasteiger partial charge in [0.2, 0.25) is 10.0 Å². The predicted octanol–water partition coefficient (Wildman–Crippen LogP) is 3.51. The number of unbranched alkanes of at least 4 members (excludes halogenated alkanes) is 3. The molecule has 1 aromatic carbocycles. The Labute approximate surface area is 135 Å². The first-order valence-electron chi connectivity index (χ1n) is 8.26. The molecule has 0 amide bonds. The highest BCUT2D eigenvalue weighted by molar-refractivity contribution is 7.89.